The zero-order chi connectivity index (χ0) is 18.2. The summed E-state index contributed by atoms with van der Waals surface area (Å²) in [6.45, 7) is 5.80. The van der Waals surface area contributed by atoms with Crippen LogP contribution in [0.4, 0.5) is 5.69 Å². The lowest BCUT2D eigenvalue weighted by Crippen LogP contribution is -2.36. The van der Waals surface area contributed by atoms with E-state index in [0.717, 1.165) is 11.3 Å². The third-order valence-corrected chi connectivity index (χ3v) is 3.51. The van der Waals surface area contributed by atoms with Crippen molar-refractivity contribution in [2.45, 2.75) is 33.4 Å². The van der Waals surface area contributed by atoms with Gasteiger partial charge in [0.2, 0.25) is 11.8 Å². The molecule has 2 rings (SSSR count). The first kappa shape index (κ1) is 18.5. The second-order valence-electron chi connectivity index (χ2n) is 6.10. The molecule has 0 spiro atoms. The Morgan fingerprint density at radius 3 is 2.24 bits per heavy atom. The summed E-state index contributed by atoms with van der Waals surface area (Å²) in [4.78, 5) is 25.6. The molecule has 1 N–H and O–H groups in total. The molecule has 0 heterocycles. The number of nitrogens with zero attached hydrogens (tertiary/aromatic N) is 1. The lowest BCUT2D eigenvalue weighted by atomic mass is 10.2. The van der Waals surface area contributed by atoms with Gasteiger partial charge in [-0.05, 0) is 43.7 Å². The highest BCUT2D eigenvalue weighted by Crippen LogP contribution is 2.17. The van der Waals surface area contributed by atoms with Gasteiger partial charge >= 0.3 is 0 Å². The molecule has 132 valence electrons. The summed E-state index contributed by atoms with van der Waals surface area (Å²) in [6.07, 6.45) is 0.0996. The van der Waals surface area contributed by atoms with E-state index in [-0.39, 0.29) is 24.5 Å². The van der Waals surface area contributed by atoms with Crippen LogP contribution < -0.4 is 10.1 Å². The molecule has 0 aliphatic rings. The predicted octanol–water partition coefficient (Wildman–Crippen LogP) is 3.46. The maximum Gasteiger partial charge on any atom is 0.244 e. The summed E-state index contributed by atoms with van der Waals surface area (Å²) in [6, 6.07) is 16.8. The highest BCUT2D eigenvalue weighted by molar-refractivity contribution is 5.94. The Labute approximate surface area is 148 Å². The van der Waals surface area contributed by atoms with Crippen molar-refractivity contribution in [1.82, 2.24) is 4.90 Å². The van der Waals surface area contributed by atoms with Crippen LogP contribution in [0.5, 0.6) is 5.75 Å². The zero-order valence-corrected chi connectivity index (χ0v) is 14.9. The number of hydrogen-bond donors (Lipinski definition) is 1. The molecule has 5 heteroatoms. The maximum atomic E-state index is 12.2. The van der Waals surface area contributed by atoms with Gasteiger partial charge in [0.05, 0.1) is 6.10 Å². The van der Waals surface area contributed by atoms with Crippen molar-refractivity contribution < 1.29 is 14.3 Å². The largest absolute Gasteiger partial charge is 0.491 e. The van der Waals surface area contributed by atoms with Crippen LogP contribution in [-0.4, -0.2) is 29.4 Å². The molecule has 0 bridgehead atoms. The zero-order valence-electron chi connectivity index (χ0n) is 14.9. The molecule has 0 saturated heterocycles. The molecule has 2 amide bonds. The summed E-state index contributed by atoms with van der Waals surface area (Å²) >= 11 is 0. The van der Waals surface area contributed by atoms with E-state index >= 15 is 0 Å². The number of benzene rings is 2. The third kappa shape index (κ3) is 6.30. The minimum atomic E-state index is -0.233. The Hall–Kier alpha value is -2.82. The van der Waals surface area contributed by atoms with E-state index in [1.807, 2.05) is 56.3 Å². The normalized spacial score (nSPS) is 10.4. The number of anilines is 1. The fraction of sp³-hybridized carbons (Fsp3) is 0.300. The molecule has 0 radical (unpaired) electrons. The van der Waals surface area contributed by atoms with E-state index in [1.165, 1.54) is 11.8 Å². The van der Waals surface area contributed by atoms with Crippen LogP contribution >= 0.6 is 0 Å². The van der Waals surface area contributed by atoms with Crippen LogP contribution in [-0.2, 0) is 16.1 Å². The third-order valence-electron chi connectivity index (χ3n) is 3.51. The molecule has 0 aliphatic carbocycles. The van der Waals surface area contributed by atoms with Gasteiger partial charge in [0, 0.05) is 19.2 Å². The van der Waals surface area contributed by atoms with Crippen molar-refractivity contribution in [2.24, 2.45) is 0 Å². The Morgan fingerprint density at radius 1 is 1.04 bits per heavy atom. The first-order valence-corrected chi connectivity index (χ1v) is 8.30. The first-order chi connectivity index (χ1) is 11.9. The second kappa shape index (κ2) is 8.87. The van der Waals surface area contributed by atoms with E-state index in [4.69, 9.17) is 4.74 Å². The maximum absolute atomic E-state index is 12.2. The van der Waals surface area contributed by atoms with E-state index in [2.05, 4.69) is 5.32 Å². The van der Waals surface area contributed by atoms with Gasteiger partial charge in [-0.1, -0.05) is 30.3 Å². The molecular formula is C20H24N2O3. The number of carbonyl (C=O) groups excluding carboxylic acids is 2. The monoisotopic (exact) mass is 340 g/mol. The van der Waals surface area contributed by atoms with E-state index < -0.39 is 0 Å². The second-order valence-corrected chi connectivity index (χ2v) is 6.10. The number of nitrogens with one attached hydrogen (secondary N) is 1. The van der Waals surface area contributed by atoms with Gasteiger partial charge in [0.15, 0.2) is 0 Å². The van der Waals surface area contributed by atoms with Gasteiger partial charge in [0.25, 0.3) is 0 Å². The molecule has 25 heavy (non-hydrogen) atoms. The van der Waals surface area contributed by atoms with Gasteiger partial charge in [0.1, 0.15) is 12.3 Å². The van der Waals surface area contributed by atoms with Crippen LogP contribution in [0.15, 0.2) is 54.6 Å². The van der Waals surface area contributed by atoms with Crippen LogP contribution in [0.3, 0.4) is 0 Å². The van der Waals surface area contributed by atoms with Gasteiger partial charge < -0.3 is 15.0 Å². The molecule has 0 fully saturated rings. The molecule has 2 aromatic rings. The summed E-state index contributed by atoms with van der Waals surface area (Å²) in [7, 11) is 0. The SMILES string of the molecule is CC(=O)N(CC(=O)Nc1ccc(OC(C)C)cc1)Cc1ccccc1. The summed E-state index contributed by atoms with van der Waals surface area (Å²) in [5.41, 5.74) is 1.66. The molecule has 0 aliphatic heterocycles. The Morgan fingerprint density at radius 2 is 1.68 bits per heavy atom. The minimum absolute atomic E-state index is 0.00841. The summed E-state index contributed by atoms with van der Waals surface area (Å²) in [5.74, 6) is 0.380. The summed E-state index contributed by atoms with van der Waals surface area (Å²) < 4.78 is 5.57. The standard InChI is InChI=1S/C20H24N2O3/c1-15(2)25-19-11-9-18(10-12-19)21-20(24)14-22(16(3)23)13-17-7-5-4-6-8-17/h4-12,15H,13-14H2,1-3H3,(H,21,24). The number of carbonyl (C=O) groups is 2. The summed E-state index contributed by atoms with van der Waals surface area (Å²) in [5, 5.41) is 2.81. The minimum Gasteiger partial charge on any atom is -0.491 e. The van der Waals surface area contributed by atoms with Crippen LogP contribution in [0.2, 0.25) is 0 Å². The first-order valence-electron chi connectivity index (χ1n) is 8.30. The predicted molar refractivity (Wildman–Crippen MR) is 98.4 cm³/mol. The number of rotatable bonds is 7. The van der Waals surface area contributed by atoms with Gasteiger partial charge in [-0.25, -0.2) is 0 Å². The lowest BCUT2D eigenvalue weighted by molar-refractivity contribution is -0.133. The average molecular weight is 340 g/mol. The fourth-order valence-electron chi connectivity index (χ4n) is 2.35. The number of ether oxygens (including phenoxy) is 1. The highest BCUT2D eigenvalue weighted by atomic mass is 16.5. The molecule has 0 saturated carbocycles. The van der Waals surface area contributed by atoms with Crippen molar-refractivity contribution in [3.8, 4) is 5.75 Å². The van der Waals surface area contributed by atoms with E-state index in [1.54, 1.807) is 12.1 Å². The quantitative estimate of drug-likeness (QED) is 0.840. The number of amides is 2. The molecular weight excluding hydrogens is 316 g/mol. The van der Waals surface area contributed by atoms with Crippen molar-refractivity contribution in [3.05, 3.63) is 60.2 Å². The van der Waals surface area contributed by atoms with Crippen LogP contribution in [0.25, 0.3) is 0 Å². The molecule has 0 aromatic heterocycles. The average Bonchev–Trinajstić information content (AvgIpc) is 2.56. The number of hydrogen-bond acceptors (Lipinski definition) is 3. The Kier molecular flexibility index (Phi) is 6.57. The smallest absolute Gasteiger partial charge is 0.244 e. The van der Waals surface area contributed by atoms with Crippen LogP contribution in [0.1, 0.15) is 26.3 Å². The molecule has 2 aromatic carbocycles. The van der Waals surface area contributed by atoms with E-state index in [9.17, 15) is 9.59 Å². The highest BCUT2D eigenvalue weighted by Gasteiger charge is 2.14. The van der Waals surface area contributed by atoms with Crippen molar-refractivity contribution in [1.29, 1.82) is 0 Å². The Bertz CT molecular complexity index is 697. The van der Waals surface area contributed by atoms with Gasteiger partial charge in [-0.3, -0.25) is 9.59 Å². The van der Waals surface area contributed by atoms with Crippen molar-refractivity contribution in [3.63, 3.8) is 0 Å². The van der Waals surface area contributed by atoms with E-state index in [0.29, 0.717) is 12.2 Å². The van der Waals surface area contributed by atoms with Crippen molar-refractivity contribution >= 4 is 17.5 Å². The molecule has 0 atom stereocenters. The Balaban J connectivity index is 1.93. The fourth-order valence-corrected chi connectivity index (χ4v) is 2.35. The molecule has 5 nitrogen and oxygen atoms in total. The van der Waals surface area contributed by atoms with Gasteiger partial charge in [-0.2, -0.15) is 0 Å². The molecule has 0 unspecified atom stereocenters. The lowest BCUT2D eigenvalue weighted by Gasteiger charge is -2.20. The van der Waals surface area contributed by atoms with Gasteiger partial charge in [-0.15, -0.1) is 0 Å². The van der Waals surface area contributed by atoms with Crippen molar-refractivity contribution in [2.75, 3.05) is 11.9 Å². The topological polar surface area (TPSA) is 58.6 Å². The van der Waals surface area contributed by atoms with Crippen LogP contribution in [0, 0.1) is 0 Å².